The van der Waals surface area contributed by atoms with Crippen molar-refractivity contribution in [2.75, 3.05) is 11.1 Å². The third-order valence-electron chi connectivity index (χ3n) is 11.3. The molecule has 3 aromatic rings. The van der Waals surface area contributed by atoms with E-state index in [1.54, 1.807) is 0 Å². The summed E-state index contributed by atoms with van der Waals surface area (Å²) in [5.41, 5.74) is 12.3. The lowest BCUT2D eigenvalue weighted by Gasteiger charge is -2.39. The summed E-state index contributed by atoms with van der Waals surface area (Å²) in [4.78, 5) is 13.4. The molecule has 2 aliphatic heterocycles. The molecule has 2 saturated carbocycles. The highest BCUT2D eigenvalue weighted by atomic mass is 16.1. The summed E-state index contributed by atoms with van der Waals surface area (Å²) >= 11 is 0. The number of carbonyl (C=O) groups is 1. The molecule has 0 radical (unpaired) electrons. The molecule has 4 fully saturated rings. The Balaban J connectivity index is 1.11. The third-order valence-corrected chi connectivity index (χ3v) is 11.3. The first kappa shape index (κ1) is 28.6. The Morgan fingerprint density at radius 2 is 1.28 bits per heavy atom. The number of rotatable bonds is 6. The van der Waals surface area contributed by atoms with Gasteiger partial charge in [-0.05, 0) is 92.3 Å². The predicted octanol–water partition coefficient (Wildman–Crippen LogP) is 8.18. The Labute approximate surface area is 257 Å². The predicted molar refractivity (Wildman–Crippen MR) is 177 cm³/mol. The molecule has 0 aromatic heterocycles. The van der Waals surface area contributed by atoms with E-state index in [9.17, 15) is 4.79 Å². The van der Waals surface area contributed by atoms with Crippen molar-refractivity contribution in [2.45, 2.75) is 119 Å². The fourth-order valence-electron chi connectivity index (χ4n) is 8.99. The maximum atomic E-state index is 13.4. The van der Waals surface area contributed by atoms with Gasteiger partial charge in [-0.2, -0.15) is 0 Å². The molecule has 2 saturated heterocycles. The molecule has 2 atom stereocenters. The second-order valence-corrected chi connectivity index (χ2v) is 14.0. The highest BCUT2D eigenvalue weighted by Gasteiger charge is 2.48. The van der Waals surface area contributed by atoms with Crippen molar-refractivity contribution < 1.29 is 4.79 Å². The van der Waals surface area contributed by atoms with Crippen LogP contribution in [0.3, 0.4) is 0 Å². The summed E-state index contributed by atoms with van der Waals surface area (Å²) in [6.07, 6.45) is 18.6. The standard InChI is InChI=1S/C38H48N4O/c39-31-17-16-30(27-10-4-1-5-11-27)26-34(31)40-36(43)29-14-12-28(13-15-29)35(32-18-24-37(41-32)20-6-2-7-21-37)33-19-25-38(42-33)22-8-3-9-23-38/h1,4-5,10-17,26,32-33,35,41-42H,2-3,6-9,18-25,39H2,(H,40,43). The second-order valence-electron chi connectivity index (χ2n) is 14.0. The number of benzene rings is 3. The Morgan fingerprint density at radius 3 is 1.86 bits per heavy atom. The number of anilines is 2. The maximum Gasteiger partial charge on any atom is 0.255 e. The van der Waals surface area contributed by atoms with Crippen LogP contribution in [0.25, 0.3) is 11.1 Å². The van der Waals surface area contributed by atoms with E-state index in [-0.39, 0.29) is 5.91 Å². The number of carbonyl (C=O) groups excluding carboxylic acids is 1. The molecule has 1 amide bonds. The average Bonchev–Trinajstić information content (AvgIpc) is 3.63. The lowest BCUT2D eigenvalue weighted by molar-refractivity contribution is 0.102. The zero-order valence-electron chi connectivity index (χ0n) is 25.5. The van der Waals surface area contributed by atoms with E-state index in [0.717, 1.165) is 11.1 Å². The molecule has 5 N–H and O–H groups in total. The zero-order valence-corrected chi connectivity index (χ0v) is 25.5. The highest BCUT2D eigenvalue weighted by Crippen LogP contribution is 2.46. The van der Waals surface area contributed by atoms with Gasteiger partial charge in [0, 0.05) is 34.6 Å². The zero-order chi connectivity index (χ0) is 29.3. The van der Waals surface area contributed by atoms with Crippen molar-refractivity contribution >= 4 is 17.3 Å². The smallest absolute Gasteiger partial charge is 0.255 e. The number of nitrogens with one attached hydrogen (secondary N) is 3. The van der Waals surface area contributed by atoms with Gasteiger partial charge in [-0.1, -0.05) is 87.1 Å². The molecule has 5 heteroatoms. The number of amides is 1. The van der Waals surface area contributed by atoms with Gasteiger partial charge in [0.25, 0.3) is 5.91 Å². The Morgan fingerprint density at radius 1 is 0.698 bits per heavy atom. The van der Waals surface area contributed by atoms with Gasteiger partial charge < -0.3 is 21.7 Å². The van der Waals surface area contributed by atoms with Crippen LogP contribution in [0.4, 0.5) is 11.4 Å². The van der Waals surface area contributed by atoms with Gasteiger partial charge in [0.2, 0.25) is 0 Å². The van der Waals surface area contributed by atoms with Gasteiger partial charge in [-0.25, -0.2) is 0 Å². The molecule has 2 unspecified atom stereocenters. The van der Waals surface area contributed by atoms with Crippen molar-refractivity contribution in [3.8, 4) is 11.1 Å². The first-order chi connectivity index (χ1) is 21.0. The van der Waals surface area contributed by atoms with Crippen molar-refractivity contribution in [1.82, 2.24) is 10.6 Å². The van der Waals surface area contributed by atoms with E-state index in [0.29, 0.717) is 46.0 Å². The minimum Gasteiger partial charge on any atom is -0.397 e. The lowest BCUT2D eigenvalue weighted by atomic mass is 9.81. The van der Waals surface area contributed by atoms with Gasteiger partial charge >= 0.3 is 0 Å². The number of nitrogen functional groups attached to an aromatic ring is 1. The minimum absolute atomic E-state index is 0.125. The summed E-state index contributed by atoms with van der Waals surface area (Å²) < 4.78 is 0. The maximum absolute atomic E-state index is 13.4. The van der Waals surface area contributed by atoms with Crippen LogP contribution >= 0.6 is 0 Å². The van der Waals surface area contributed by atoms with Gasteiger partial charge in [0.05, 0.1) is 11.4 Å². The van der Waals surface area contributed by atoms with Crippen LogP contribution in [0.5, 0.6) is 0 Å². The molecule has 43 heavy (non-hydrogen) atoms. The molecule has 0 bridgehead atoms. The Kier molecular flexibility index (Phi) is 8.04. The van der Waals surface area contributed by atoms with Crippen LogP contribution in [0.15, 0.2) is 72.8 Å². The molecule has 5 nitrogen and oxygen atoms in total. The summed E-state index contributed by atoms with van der Waals surface area (Å²) in [6, 6.07) is 25.5. The molecular formula is C38H48N4O. The molecule has 226 valence electrons. The molecule has 7 rings (SSSR count). The fraction of sp³-hybridized carbons (Fsp3) is 0.500. The van der Waals surface area contributed by atoms with E-state index in [1.165, 1.54) is 95.5 Å². The van der Waals surface area contributed by atoms with Crippen molar-refractivity contribution in [1.29, 1.82) is 0 Å². The van der Waals surface area contributed by atoms with Crippen LogP contribution in [0.1, 0.15) is 112 Å². The Hall–Kier alpha value is -3.15. The fourth-order valence-corrected chi connectivity index (χ4v) is 8.99. The largest absolute Gasteiger partial charge is 0.397 e. The quantitative estimate of drug-likeness (QED) is 0.223. The van der Waals surface area contributed by atoms with E-state index in [4.69, 9.17) is 5.73 Å². The van der Waals surface area contributed by atoms with Crippen LogP contribution in [0.2, 0.25) is 0 Å². The van der Waals surface area contributed by atoms with E-state index in [1.807, 2.05) is 48.5 Å². The van der Waals surface area contributed by atoms with Gasteiger partial charge in [-0.3, -0.25) is 4.79 Å². The highest BCUT2D eigenvalue weighted by molar-refractivity contribution is 6.06. The molecule has 2 heterocycles. The van der Waals surface area contributed by atoms with E-state index < -0.39 is 0 Å². The van der Waals surface area contributed by atoms with Crippen molar-refractivity contribution in [3.63, 3.8) is 0 Å². The van der Waals surface area contributed by atoms with Crippen molar-refractivity contribution in [3.05, 3.63) is 83.9 Å². The summed E-state index contributed by atoms with van der Waals surface area (Å²) in [5, 5.41) is 11.6. The summed E-state index contributed by atoms with van der Waals surface area (Å²) in [7, 11) is 0. The van der Waals surface area contributed by atoms with Crippen LogP contribution in [-0.4, -0.2) is 29.1 Å². The van der Waals surface area contributed by atoms with E-state index >= 15 is 0 Å². The topological polar surface area (TPSA) is 79.2 Å². The van der Waals surface area contributed by atoms with Gasteiger partial charge in [0.15, 0.2) is 0 Å². The number of hydrogen-bond acceptors (Lipinski definition) is 4. The molecule has 2 aliphatic carbocycles. The second kappa shape index (κ2) is 12.1. The van der Waals surface area contributed by atoms with Crippen LogP contribution in [-0.2, 0) is 0 Å². The monoisotopic (exact) mass is 576 g/mol. The SMILES string of the molecule is Nc1ccc(-c2ccccc2)cc1NC(=O)c1ccc(C(C2CCC3(CCCCC3)N2)C2CCC3(CCCCC3)N2)cc1. The lowest BCUT2D eigenvalue weighted by Crippen LogP contribution is -2.52. The molecule has 3 aromatic carbocycles. The van der Waals surface area contributed by atoms with E-state index in [2.05, 4.69) is 40.2 Å². The Bertz CT molecular complexity index is 1370. The summed E-state index contributed by atoms with van der Waals surface area (Å²) in [5.74, 6) is 0.290. The normalized spacial score (nSPS) is 25.1. The van der Waals surface area contributed by atoms with Crippen LogP contribution < -0.4 is 21.7 Å². The molecule has 2 spiro atoms. The number of nitrogens with two attached hydrogens (primary N) is 1. The third kappa shape index (κ3) is 5.99. The minimum atomic E-state index is -0.125. The summed E-state index contributed by atoms with van der Waals surface area (Å²) in [6.45, 7) is 0. The van der Waals surface area contributed by atoms with Crippen LogP contribution in [0, 0.1) is 0 Å². The first-order valence-electron chi connectivity index (χ1n) is 16.9. The average molecular weight is 577 g/mol. The first-order valence-corrected chi connectivity index (χ1v) is 16.9. The number of hydrogen-bond donors (Lipinski definition) is 4. The van der Waals surface area contributed by atoms with Gasteiger partial charge in [-0.15, -0.1) is 0 Å². The van der Waals surface area contributed by atoms with Gasteiger partial charge in [0.1, 0.15) is 0 Å². The molecule has 4 aliphatic rings. The van der Waals surface area contributed by atoms with Crippen molar-refractivity contribution in [2.24, 2.45) is 0 Å². The molecular weight excluding hydrogens is 528 g/mol.